The Labute approximate surface area is 154 Å². The van der Waals surface area contributed by atoms with Crippen molar-refractivity contribution in [1.29, 1.82) is 0 Å². The lowest BCUT2D eigenvalue weighted by Gasteiger charge is -2.21. The lowest BCUT2D eigenvalue weighted by molar-refractivity contribution is -0.182. The zero-order valence-electron chi connectivity index (χ0n) is 15.6. The lowest BCUT2D eigenvalue weighted by atomic mass is 9.94. The van der Waals surface area contributed by atoms with Crippen LogP contribution in [0, 0.1) is 5.92 Å². The maximum atomic E-state index is 13.4. The summed E-state index contributed by atoms with van der Waals surface area (Å²) in [6.07, 6.45) is -3.92. The molecule has 0 aromatic heterocycles. The number of rotatable bonds is 8. The van der Waals surface area contributed by atoms with Crippen molar-refractivity contribution in [3.05, 3.63) is 11.8 Å². The van der Waals surface area contributed by atoms with Crippen molar-refractivity contribution in [3.8, 4) is 0 Å². The third kappa shape index (κ3) is 8.59. The highest BCUT2D eigenvalue weighted by Crippen LogP contribution is 2.33. The van der Waals surface area contributed by atoms with E-state index >= 15 is 0 Å². The number of hydrogen-bond donors (Lipinski definition) is 1. The van der Waals surface area contributed by atoms with Crippen molar-refractivity contribution in [2.75, 3.05) is 13.7 Å². The predicted molar refractivity (Wildman–Crippen MR) is 97.4 cm³/mol. The van der Waals surface area contributed by atoms with Crippen molar-refractivity contribution < 1.29 is 26.9 Å². The Balaban J connectivity index is 5.89. The van der Waals surface area contributed by atoms with Crippen molar-refractivity contribution in [3.63, 3.8) is 0 Å². The molecule has 6 nitrogen and oxygen atoms in total. The summed E-state index contributed by atoms with van der Waals surface area (Å²) in [6, 6.07) is 0. The molecule has 150 valence electrons. The van der Waals surface area contributed by atoms with Gasteiger partial charge >= 0.3 is 12.1 Å². The fourth-order valence-electron chi connectivity index (χ4n) is 1.76. The van der Waals surface area contributed by atoms with E-state index in [4.69, 9.17) is 5.73 Å². The number of aliphatic imine (C=N–C) groups is 1. The first kappa shape index (κ1) is 24.3. The monoisotopic (exact) mass is 397 g/mol. The number of esters is 1. The number of ether oxygens (including phenoxy) is 1. The fourth-order valence-corrected chi connectivity index (χ4v) is 2.41. The van der Waals surface area contributed by atoms with Crippen LogP contribution >= 0.6 is 0 Å². The maximum Gasteiger partial charge on any atom is 0.392 e. The van der Waals surface area contributed by atoms with E-state index in [-0.39, 0.29) is 17.9 Å². The van der Waals surface area contributed by atoms with E-state index in [0.717, 1.165) is 6.20 Å². The fraction of sp³-hybridized carbons (Fsp3) is 0.688. The van der Waals surface area contributed by atoms with E-state index in [2.05, 4.69) is 14.1 Å². The van der Waals surface area contributed by atoms with E-state index in [1.54, 1.807) is 20.8 Å². The largest absolute Gasteiger partial charge is 0.466 e. The summed E-state index contributed by atoms with van der Waals surface area (Å²) in [5.74, 6) is -3.01. The van der Waals surface area contributed by atoms with E-state index < -0.39 is 46.6 Å². The molecule has 2 N–H and O–H groups in total. The Morgan fingerprint density at radius 2 is 1.85 bits per heavy atom. The van der Waals surface area contributed by atoms with Gasteiger partial charge in [0.2, 0.25) is 0 Å². The topological polar surface area (TPSA) is 94.1 Å². The molecule has 0 radical (unpaired) electrons. The minimum atomic E-state index is -4.67. The molecule has 0 heterocycles. The SMILES string of the molecule is CCOC(=O)C[C@H](CC(=N/[S@](=O)C(C)(C)C)/C(C=NC)=C/N)C(F)(F)F. The van der Waals surface area contributed by atoms with Gasteiger partial charge in [-0.1, -0.05) is 0 Å². The van der Waals surface area contributed by atoms with Crippen LogP contribution < -0.4 is 5.73 Å². The highest BCUT2D eigenvalue weighted by atomic mass is 32.2. The number of carbonyl (C=O) groups is 1. The second-order valence-electron chi connectivity index (χ2n) is 6.36. The molecule has 0 spiro atoms. The van der Waals surface area contributed by atoms with Crippen LogP contribution in [0.2, 0.25) is 0 Å². The molecule has 0 aromatic carbocycles. The van der Waals surface area contributed by atoms with Gasteiger partial charge in [0.05, 0.1) is 29.4 Å². The van der Waals surface area contributed by atoms with Gasteiger partial charge in [-0.2, -0.15) is 17.6 Å². The van der Waals surface area contributed by atoms with Crippen LogP contribution in [0.1, 0.15) is 40.5 Å². The molecule has 0 saturated carbocycles. The molecule has 0 aliphatic heterocycles. The summed E-state index contributed by atoms with van der Waals surface area (Å²) >= 11 is 0. The van der Waals surface area contributed by atoms with E-state index in [1.807, 2.05) is 0 Å². The van der Waals surface area contributed by atoms with Crippen LogP contribution in [0.25, 0.3) is 0 Å². The molecule has 0 amide bonds. The molecular weight excluding hydrogens is 371 g/mol. The Morgan fingerprint density at radius 1 is 1.27 bits per heavy atom. The minimum Gasteiger partial charge on any atom is -0.466 e. The van der Waals surface area contributed by atoms with Crippen molar-refractivity contribution >= 4 is 28.9 Å². The molecule has 0 fully saturated rings. The van der Waals surface area contributed by atoms with E-state index in [9.17, 15) is 22.2 Å². The number of alkyl halides is 3. The third-order valence-electron chi connectivity index (χ3n) is 3.12. The highest BCUT2D eigenvalue weighted by Gasteiger charge is 2.42. The number of hydrogen-bond acceptors (Lipinski definition) is 5. The van der Waals surface area contributed by atoms with Gasteiger partial charge in [-0.3, -0.25) is 9.79 Å². The van der Waals surface area contributed by atoms with Crippen LogP contribution in [-0.4, -0.2) is 46.7 Å². The summed E-state index contributed by atoms with van der Waals surface area (Å²) < 4.78 is 60.2. The average molecular weight is 397 g/mol. The van der Waals surface area contributed by atoms with Crippen LogP contribution in [0.5, 0.6) is 0 Å². The smallest absolute Gasteiger partial charge is 0.392 e. The summed E-state index contributed by atoms with van der Waals surface area (Å²) in [7, 11) is -0.388. The molecular formula is C16H26F3N3O3S. The van der Waals surface area contributed by atoms with E-state index in [0.29, 0.717) is 0 Å². The molecule has 0 aliphatic rings. The van der Waals surface area contributed by atoms with Gasteiger partial charge < -0.3 is 10.5 Å². The van der Waals surface area contributed by atoms with Crippen LogP contribution in [0.3, 0.4) is 0 Å². The number of carbonyl (C=O) groups excluding carboxylic acids is 1. The zero-order chi connectivity index (χ0) is 20.5. The van der Waals surface area contributed by atoms with Gasteiger partial charge in [-0.25, -0.2) is 4.21 Å². The number of nitrogens with zero attached hydrogens (tertiary/aromatic N) is 2. The first-order chi connectivity index (χ1) is 11.9. The van der Waals surface area contributed by atoms with Crippen molar-refractivity contribution in [2.45, 2.75) is 51.5 Å². The van der Waals surface area contributed by atoms with Gasteiger partial charge in [0, 0.05) is 31.5 Å². The molecule has 0 aromatic rings. The Kier molecular flexibility index (Phi) is 9.75. The van der Waals surface area contributed by atoms with E-state index in [1.165, 1.54) is 20.2 Å². The van der Waals surface area contributed by atoms with Gasteiger partial charge in [-0.05, 0) is 27.7 Å². The molecule has 2 atom stereocenters. The summed E-state index contributed by atoms with van der Waals surface area (Å²) in [5, 5.41) is 0. The molecule has 0 saturated heterocycles. The molecule has 0 bridgehead atoms. The third-order valence-corrected chi connectivity index (χ3v) is 4.55. The van der Waals surface area contributed by atoms with Gasteiger partial charge in [0.25, 0.3) is 0 Å². The Hall–Kier alpha value is -1.71. The standard InChI is InChI=1S/C16H26F3N3O3S/c1-6-25-14(23)8-12(16(17,18)19)7-13(11(9-20)10-21-5)22-26(24)15(2,3)4/h9-10,12H,6-8,20H2,1-5H3/b11-9+,21-10?,22-13-/t12-,26+/m0/s1. The predicted octanol–water partition coefficient (Wildman–Crippen LogP) is 2.95. The van der Waals surface area contributed by atoms with Crippen LogP contribution in [0.15, 0.2) is 21.2 Å². The number of halogens is 3. The normalized spacial score (nSPS) is 16.6. The number of nitrogens with two attached hydrogens (primary N) is 1. The summed E-state index contributed by atoms with van der Waals surface area (Å²) in [6.45, 7) is 6.42. The first-order valence-electron chi connectivity index (χ1n) is 7.93. The summed E-state index contributed by atoms with van der Waals surface area (Å²) in [5.41, 5.74) is 5.46. The second kappa shape index (κ2) is 10.4. The Bertz CT molecular complexity index is 594. The van der Waals surface area contributed by atoms with Gasteiger partial charge in [0.15, 0.2) is 0 Å². The lowest BCUT2D eigenvalue weighted by Crippen LogP contribution is -2.30. The average Bonchev–Trinajstić information content (AvgIpc) is 2.49. The quantitative estimate of drug-likeness (QED) is 0.503. The van der Waals surface area contributed by atoms with Crippen molar-refractivity contribution in [1.82, 2.24) is 0 Å². The zero-order valence-corrected chi connectivity index (χ0v) is 16.4. The molecule has 26 heavy (non-hydrogen) atoms. The maximum absolute atomic E-state index is 13.4. The minimum absolute atomic E-state index is 0.0190. The van der Waals surface area contributed by atoms with Gasteiger partial charge in [0.1, 0.15) is 11.0 Å². The molecule has 10 heteroatoms. The molecule has 0 rings (SSSR count). The second-order valence-corrected chi connectivity index (χ2v) is 8.27. The van der Waals surface area contributed by atoms with Gasteiger partial charge in [-0.15, -0.1) is 0 Å². The van der Waals surface area contributed by atoms with Crippen LogP contribution in [0.4, 0.5) is 13.2 Å². The molecule has 0 unspecified atom stereocenters. The van der Waals surface area contributed by atoms with Crippen LogP contribution in [-0.2, 0) is 20.5 Å². The first-order valence-corrected chi connectivity index (χ1v) is 9.03. The Morgan fingerprint density at radius 3 is 2.23 bits per heavy atom. The summed E-state index contributed by atoms with van der Waals surface area (Å²) in [4.78, 5) is 15.3. The number of allylic oxidation sites excluding steroid dienone is 1. The molecule has 0 aliphatic carbocycles. The highest BCUT2D eigenvalue weighted by molar-refractivity contribution is 7.85. The van der Waals surface area contributed by atoms with Crippen molar-refractivity contribution in [2.24, 2.45) is 21.0 Å².